The largest absolute Gasteiger partial charge is 0.459 e. The van der Waals surface area contributed by atoms with E-state index in [1.807, 2.05) is 18.2 Å². The van der Waals surface area contributed by atoms with Crippen molar-refractivity contribution in [2.45, 2.75) is 12.5 Å². The Morgan fingerprint density at radius 3 is 2.77 bits per heavy atom. The van der Waals surface area contributed by atoms with Crippen LogP contribution in [0.1, 0.15) is 17.0 Å². The van der Waals surface area contributed by atoms with Crippen LogP contribution in [0.4, 0.5) is 5.82 Å². The number of nitrogens with zero attached hydrogens (tertiary/aromatic N) is 6. The van der Waals surface area contributed by atoms with Gasteiger partial charge < -0.3 is 19.5 Å². The Bertz CT molecular complexity index is 1040. The predicted octanol–water partition coefficient (Wildman–Crippen LogP) is 1.16. The maximum absolute atomic E-state index is 13.2. The van der Waals surface area contributed by atoms with Crippen LogP contribution < -0.4 is 10.2 Å². The molecule has 4 rings (SSSR count). The molecule has 3 aromatic heterocycles. The number of hydrogen-bond donors (Lipinski definition) is 1. The fraction of sp³-hybridized carbons (Fsp3) is 0.450. The van der Waals surface area contributed by atoms with Gasteiger partial charge in [-0.05, 0) is 30.6 Å². The van der Waals surface area contributed by atoms with Gasteiger partial charge in [-0.25, -0.2) is 9.97 Å². The third-order valence-electron chi connectivity index (χ3n) is 5.36. The number of piperazine rings is 1. The molecule has 0 bridgehead atoms. The minimum absolute atomic E-state index is 0.0668. The molecule has 11 heteroatoms. The van der Waals surface area contributed by atoms with Crippen LogP contribution in [0.5, 0.6) is 0 Å². The lowest BCUT2D eigenvalue weighted by Crippen LogP contribution is -2.55. The van der Waals surface area contributed by atoms with Gasteiger partial charge >= 0.3 is 0 Å². The summed E-state index contributed by atoms with van der Waals surface area (Å²) in [6.07, 6.45) is 7.30. The molecular weight excluding hydrogens is 418 g/mol. The van der Waals surface area contributed by atoms with Crippen LogP contribution in [0.15, 0.2) is 35.3 Å². The third kappa shape index (κ3) is 4.50. The first-order chi connectivity index (χ1) is 15.1. The number of thioether (sulfide) groups is 1. The van der Waals surface area contributed by atoms with Gasteiger partial charge in [0.05, 0.1) is 17.8 Å². The van der Waals surface area contributed by atoms with Crippen molar-refractivity contribution in [3.8, 4) is 0 Å². The van der Waals surface area contributed by atoms with E-state index in [0.29, 0.717) is 32.6 Å². The van der Waals surface area contributed by atoms with Crippen molar-refractivity contribution < 1.29 is 14.0 Å². The lowest BCUT2D eigenvalue weighted by atomic mass is 10.1. The van der Waals surface area contributed by atoms with E-state index in [2.05, 4.69) is 25.3 Å². The molecule has 1 aliphatic heterocycles. The second kappa shape index (κ2) is 9.38. The van der Waals surface area contributed by atoms with Gasteiger partial charge in [0.25, 0.3) is 5.91 Å². The number of carbonyl (C=O) groups is 2. The summed E-state index contributed by atoms with van der Waals surface area (Å²) in [5.74, 6) is 1.37. The Labute approximate surface area is 184 Å². The molecular formula is C20H25N7O3S. The summed E-state index contributed by atoms with van der Waals surface area (Å²) in [6, 6.07) is 2.66. The summed E-state index contributed by atoms with van der Waals surface area (Å²) in [4.78, 5) is 38.3. The van der Waals surface area contributed by atoms with Crippen LogP contribution in [0.3, 0.4) is 0 Å². The van der Waals surface area contributed by atoms with Gasteiger partial charge in [-0.15, -0.1) is 0 Å². The number of aryl methyl sites for hydroxylation is 1. The van der Waals surface area contributed by atoms with Crippen LogP contribution in [0.2, 0.25) is 0 Å². The van der Waals surface area contributed by atoms with Crippen molar-refractivity contribution in [1.82, 2.24) is 30.0 Å². The van der Waals surface area contributed by atoms with E-state index in [4.69, 9.17) is 4.42 Å². The van der Waals surface area contributed by atoms with Crippen LogP contribution in [0.25, 0.3) is 11.0 Å². The highest BCUT2D eigenvalue weighted by Crippen LogP contribution is 2.23. The van der Waals surface area contributed by atoms with E-state index >= 15 is 0 Å². The van der Waals surface area contributed by atoms with Crippen LogP contribution in [-0.2, 0) is 11.8 Å². The molecule has 1 saturated heterocycles. The fourth-order valence-electron chi connectivity index (χ4n) is 3.69. The lowest BCUT2D eigenvalue weighted by molar-refractivity contribution is -0.133. The van der Waals surface area contributed by atoms with Crippen LogP contribution in [-0.4, -0.2) is 80.7 Å². The van der Waals surface area contributed by atoms with E-state index < -0.39 is 6.04 Å². The van der Waals surface area contributed by atoms with E-state index in [0.717, 1.165) is 22.6 Å². The summed E-state index contributed by atoms with van der Waals surface area (Å²) < 4.78 is 6.88. The first-order valence-corrected chi connectivity index (χ1v) is 11.5. The monoisotopic (exact) mass is 443 g/mol. The quantitative estimate of drug-likeness (QED) is 0.579. The van der Waals surface area contributed by atoms with Crippen molar-refractivity contribution >= 4 is 40.4 Å². The highest BCUT2D eigenvalue weighted by Gasteiger charge is 2.30. The average Bonchev–Trinajstić information content (AvgIpc) is 3.47. The van der Waals surface area contributed by atoms with Gasteiger partial charge in [0.1, 0.15) is 18.2 Å². The standard InChI is InChI=1S/C20H25N7O3S/c1-25-17-14(12-23-25)18(22-13-21-17)26-6-8-27(9-7-26)20(29)15(5-11-31-2)24-19(28)16-4-3-10-30-16/h3-4,10,12-13,15H,5-9,11H2,1-2H3,(H,24,28). The van der Waals surface area contributed by atoms with Crippen LogP contribution in [0, 0.1) is 0 Å². The maximum atomic E-state index is 13.2. The van der Waals surface area contributed by atoms with Gasteiger partial charge in [0.15, 0.2) is 11.4 Å². The normalized spacial score (nSPS) is 15.3. The smallest absolute Gasteiger partial charge is 0.287 e. The number of furan rings is 1. The lowest BCUT2D eigenvalue weighted by Gasteiger charge is -2.37. The van der Waals surface area contributed by atoms with Gasteiger partial charge in [-0.2, -0.15) is 16.9 Å². The molecule has 0 spiro atoms. The molecule has 4 heterocycles. The molecule has 1 N–H and O–H groups in total. The van der Waals surface area contributed by atoms with E-state index in [1.54, 1.807) is 41.1 Å². The number of hydrogen-bond acceptors (Lipinski definition) is 8. The summed E-state index contributed by atoms with van der Waals surface area (Å²) in [5.41, 5.74) is 0.779. The SMILES string of the molecule is CSCCC(NC(=O)c1ccco1)C(=O)N1CCN(c2ncnc3c2cnn3C)CC1. The third-order valence-corrected chi connectivity index (χ3v) is 6.00. The molecule has 10 nitrogen and oxygen atoms in total. The summed E-state index contributed by atoms with van der Waals surface area (Å²) in [7, 11) is 1.85. The van der Waals surface area contributed by atoms with E-state index in [-0.39, 0.29) is 17.6 Å². The average molecular weight is 444 g/mol. The maximum Gasteiger partial charge on any atom is 0.287 e. The van der Waals surface area contributed by atoms with Crippen molar-refractivity contribution in [3.05, 3.63) is 36.7 Å². The van der Waals surface area contributed by atoms with Crippen molar-refractivity contribution in [2.24, 2.45) is 7.05 Å². The Balaban J connectivity index is 1.42. The van der Waals surface area contributed by atoms with Gasteiger partial charge in [-0.1, -0.05) is 0 Å². The molecule has 1 unspecified atom stereocenters. The number of nitrogens with one attached hydrogen (secondary N) is 1. The Morgan fingerprint density at radius 1 is 1.26 bits per heavy atom. The number of aromatic nitrogens is 4. The van der Waals surface area contributed by atoms with E-state index in [9.17, 15) is 9.59 Å². The van der Waals surface area contributed by atoms with Gasteiger partial charge in [0.2, 0.25) is 5.91 Å². The zero-order chi connectivity index (χ0) is 21.8. The number of rotatable bonds is 7. The van der Waals surface area contributed by atoms with Crippen LogP contribution >= 0.6 is 11.8 Å². The summed E-state index contributed by atoms with van der Waals surface area (Å²) in [5, 5.41) is 8.00. The van der Waals surface area contributed by atoms with Crippen molar-refractivity contribution in [2.75, 3.05) is 43.1 Å². The van der Waals surface area contributed by atoms with Crippen molar-refractivity contribution in [1.29, 1.82) is 0 Å². The summed E-state index contributed by atoms with van der Waals surface area (Å²) >= 11 is 1.64. The number of carbonyl (C=O) groups excluding carboxylic acids is 2. The molecule has 1 aliphatic rings. The highest BCUT2D eigenvalue weighted by molar-refractivity contribution is 7.98. The van der Waals surface area contributed by atoms with Crippen molar-refractivity contribution in [3.63, 3.8) is 0 Å². The fourth-order valence-corrected chi connectivity index (χ4v) is 4.16. The summed E-state index contributed by atoms with van der Waals surface area (Å²) in [6.45, 7) is 2.40. The first-order valence-electron chi connectivity index (χ1n) is 10.1. The molecule has 164 valence electrons. The minimum atomic E-state index is -0.583. The zero-order valence-electron chi connectivity index (χ0n) is 17.5. The topological polar surface area (TPSA) is 109 Å². The Morgan fingerprint density at radius 2 is 2.06 bits per heavy atom. The second-order valence-electron chi connectivity index (χ2n) is 7.30. The highest BCUT2D eigenvalue weighted by atomic mass is 32.2. The molecule has 31 heavy (non-hydrogen) atoms. The molecule has 2 amide bonds. The molecule has 3 aromatic rings. The molecule has 1 fully saturated rings. The van der Waals surface area contributed by atoms with Gasteiger partial charge in [-0.3, -0.25) is 14.3 Å². The number of amides is 2. The first kappa shape index (κ1) is 21.2. The Kier molecular flexibility index (Phi) is 6.40. The number of fused-ring (bicyclic) bond motifs is 1. The van der Waals surface area contributed by atoms with Gasteiger partial charge in [0, 0.05) is 33.2 Å². The molecule has 1 atom stereocenters. The predicted molar refractivity (Wildman–Crippen MR) is 118 cm³/mol. The molecule has 0 radical (unpaired) electrons. The number of anilines is 1. The van der Waals surface area contributed by atoms with E-state index in [1.165, 1.54) is 6.26 Å². The Hall–Kier alpha value is -3.08. The molecule has 0 aromatic carbocycles. The minimum Gasteiger partial charge on any atom is -0.459 e. The zero-order valence-corrected chi connectivity index (χ0v) is 18.3. The molecule has 0 aliphatic carbocycles. The molecule has 0 saturated carbocycles. The second-order valence-corrected chi connectivity index (χ2v) is 8.29.